The highest BCUT2D eigenvalue weighted by atomic mass is 32.1. The van der Waals surface area contributed by atoms with Crippen LogP contribution in [0.3, 0.4) is 0 Å². The third-order valence-electron chi connectivity index (χ3n) is 4.03. The molecule has 1 aromatic carbocycles. The zero-order valence-corrected chi connectivity index (χ0v) is 14.5. The van der Waals surface area contributed by atoms with E-state index in [1.54, 1.807) is 17.6 Å². The molecule has 1 unspecified atom stereocenters. The van der Waals surface area contributed by atoms with E-state index in [1.165, 1.54) is 5.56 Å². The minimum atomic E-state index is -0.0972. The van der Waals surface area contributed by atoms with Crippen LogP contribution in [0.4, 0.5) is 0 Å². The lowest BCUT2D eigenvalue weighted by Gasteiger charge is -2.18. The highest BCUT2D eigenvalue weighted by molar-refractivity contribution is 7.10. The van der Waals surface area contributed by atoms with Gasteiger partial charge in [-0.05, 0) is 41.1 Å². The Kier molecular flexibility index (Phi) is 5.49. The molecule has 124 valence electrons. The smallest absolute Gasteiger partial charge is 0.221 e. The van der Waals surface area contributed by atoms with E-state index in [2.05, 4.69) is 42.6 Å². The Morgan fingerprint density at radius 2 is 2.00 bits per heavy atom. The van der Waals surface area contributed by atoms with E-state index in [1.807, 2.05) is 23.6 Å². The summed E-state index contributed by atoms with van der Waals surface area (Å²) >= 11 is 1.66. The van der Waals surface area contributed by atoms with Gasteiger partial charge >= 0.3 is 0 Å². The summed E-state index contributed by atoms with van der Waals surface area (Å²) in [7, 11) is 0. The van der Waals surface area contributed by atoms with E-state index in [9.17, 15) is 4.79 Å². The molecule has 3 rings (SSSR count). The van der Waals surface area contributed by atoms with Crippen molar-refractivity contribution < 1.29 is 9.21 Å². The fourth-order valence-electron chi connectivity index (χ4n) is 2.64. The minimum absolute atomic E-state index is 0.0318. The first-order valence-electron chi connectivity index (χ1n) is 8.20. The van der Waals surface area contributed by atoms with Gasteiger partial charge < -0.3 is 9.73 Å². The van der Waals surface area contributed by atoms with Crippen molar-refractivity contribution >= 4 is 17.2 Å². The van der Waals surface area contributed by atoms with Crippen molar-refractivity contribution in [2.45, 2.75) is 32.2 Å². The summed E-state index contributed by atoms with van der Waals surface area (Å²) in [5.41, 5.74) is 2.41. The monoisotopic (exact) mass is 339 g/mol. The van der Waals surface area contributed by atoms with Gasteiger partial charge in [0.2, 0.25) is 5.91 Å². The van der Waals surface area contributed by atoms with Crippen molar-refractivity contribution in [2.24, 2.45) is 0 Å². The fourth-order valence-corrected chi connectivity index (χ4v) is 3.45. The summed E-state index contributed by atoms with van der Waals surface area (Å²) in [4.78, 5) is 13.5. The molecule has 0 saturated carbocycles. The number of aryl methyl sites for hydroxylation is 2. The predicted molar refractivity (Wildman–Crippen MR) is 97.2 cm³/mol. The van der Waals surface area contributed by atoms with Gasteiger partial charge in [0.05, 0.1) is 12.3 Å². The van der Waals surface area contributed by atoms with Gasteiger partial charge in [-0.25, -0.2) is 0 Å². The van der Waals surface area contributed by atoms with E-state index in [0.717, 1.165) is 22.6 Å². The van der Waals surface area contributed by atoms with Crippen molar-refractivity contribution in [2.75, 3.05) is 0 Å². The number of carbonyl (C=O) groups excluding carboxylic acids is 1. The maximum atomic E-state index is 12.4. The molecule has 0 radical (unpaired) electrons. The summed E-state index contributed by atoms with van der Waals surface area (Å²) in [5, 5.41) is 5.20. The maximum Gasteiger partial charge on any atom is 0.221 e. The third-order valence-corrected chi connectivity index (χ3v) is 4.97. The highest BCUT2D eigenvalue weighted by Crippen LogP contribution is 2.26. The quantitative estimate of drug-likeness (QED) is 0.675. The van der Waals surface area contributed by atoms with Gasteiger partial charge in [0.1, 0.15) is 5.76 Å². The Labute approximate surface area is 146 Å². The third kappa shape index (κ3) is 4.15. The van der Waals surface area contributed by atoms with Crippen molar-refractivity contribution in [1.29, 1.82) is 0 Å². The SMILES string of the molecule is CCc1ccc(C(NC(=O)CCc2ccco2)c2cccs2)cc1. The summed E-state index contributed by atoms with van der Waals surface area (Å²) in [6, 6.07) is 16.2. The molecule has 0 bridgehead atoms. The summed E-state index contributed by atoms with van der Waals surface area (Å²) in [6.45, 7) is 2.14. The van der Waals surface area contributed by atoms with Gasteiger partial charge in [0.25, 0.3) is 0 Å². The van der Waals surface area contributed by atoms with E-state index < -0.39 is 0 Å². The molecule has 3 nitrogen and oxygen atoms in total. The lowest BCUT2D eigenvalue weighted by Crippen LogP contribution is -2.29. The molecule has 0 saturated heterocycles. The van der Waals surface area contributed by atoms with Crippen molar-refractivity contribution in [1.82, 2.24) is 5.32 Å². The molecule has 4 heteroatoms. The van der Waals surface area contributed by atoms with Crippen LogP contribution in [0.1, 0.15) is 41.2 Å². The van der Waals surface area contributed by atoms with Crippen LogP contribution in [0, 0.1) is 0 Å². The normalized spacial score (nSPS) is 12.0. The number of nitrogens with one attached hydrogen (secondary N) is 1. The summed E-state index contributed by atoms with van der Waals surface area (Å²) in [6.07, 6.45) is 3.68. The molecule has 0 spiro atoms. The van der Waals surface area contributed by atoms with Crippen molar-refractivity contribution in [3.05, 3.63) is 81.9 Å². The number of thiophene rings is 1. The van der Waals surface area contributed by atoms with Gasteiger partial charge in [0, 0.05) is 17.7 Å². The number of hydrogen-bond donors (Lipinski definition) is 1. The summed E-state index contributed by atoms with van der Waals surface area (Å²) < 4.78 is 5.29. The highest BCUT2D eigenvalue weighted by Gasteiger charge is 2.18. The van der Waals surface area contributed by atoms with Gasteiger partial charge in [-0.2, -0.15) is 0 Å². The van der Waals surface area contributed by atoms with Gasteiger partial charge in [0.15, 0.2) is 0 Å². The van der Waals surface area contributed by atoms with Gasteiger partial charge in [-0.15, -0.1) is 11.3 Å². The largest absolute Gasteiger partial charge is 0.469 e. The van der Waals surface area contributed by atoms with Crippen LogP contribution in [0.25, 0.3) is 0 Å². The number of amides is 1. The Bertz CT molecular complexity index is 746. The lowest BCUT2D eigenvalue weighted by molar-refractivity contribution is -0.121. The number of furan rings is 1. The van der Waals surface area contributed by atoms with Gasteiger partial charge in [-0.1, -0.05) is 37.3 Å². The molecule has 1 atom stereocenters. The molecule has 24 heavy (non-hydrogen) atoms. The minimum Gasteiger partial charge on any atom is -0.469 e. The first-order chi connectivity index (χ1) is 11.8. The molecular formula is C20H21NO2S. The second-order valence-electron chi connectivity index (χ2n) is 5.69. The van der Waals surface area contributed by atoms with E-state index in [-0.39, 0.29) is 11.9 Å². The molecule has 2 aromatic heterocycles. The average molecular weight is 339 g/mol. The van der Waals surface area contributed by atoms with Crippen LogP contribution in [-0.2, 0) is 17.6 Å². The van der Waals surface area contributed by atoms with E-state index in [4.69, 9.17) is 4.42 Å². The first kappa shape index (κ1) is 16.5. The van der Waals surface area contributed by atoms with Crippen LogP contribution < -0.4 is 5.32 Å². The fraction of sp³-hybridized carbons (Fsp3) is 0.250. The van der Waals surface area contributed by atoms with Crippen LogP contribution in [0.15, 0.2) is 64.6 Å². The average Bonchev–Trinajstić information content (AvgIpc) is 3.31. The summed E-state index contributed by atoms with van der Waals surface area (Å²) in [5.74, 6) is 0.870. The van der Waals surface area contributed by atoms with E-state index >= 15 is 0 Å². The maximum absolute atomic E-state index is 12.4. The molecule has 0 aliphatic heterocycles. The zero-order valence-electron chi connectivity index (χ0n) is 13.7. The van der Waals surface area contributed by atoms with Crippen LogP contribution in [0.2, 0.25) is 0 Å². The topological polar surface area (TPSA) is 42.2 Å². The van der Waals surface area contributed by atoms with Crippen molar-refractivity contribution in [3.63, 3.8) is 0 Å². The Morgan fingerprint density at radius 1 is 1.17 bits per heavy atom. The van der Waals surface area contributed by atoms with Crippen LogP contribution >= 0.6 is 11.3 Å². The number of hydrogen-bond acceptors (Lipinski definition) is 3. The second kappa shape index (κ2) is 7.97. The molecular weight excluding hydrogens is 318 g/mol. The molecule has 1 N–H and O–H groups in total. The lowest BCUT2D eigenvalue weighted by atomic mass is 10.0. The number of benzene rings is 1. The second-order valence-corrected chi connectivity index (χ2v) is 6.67. The zero-order chi connectivity index (χ0) is 16.8. The van der Waals surface area contributed by atoms with E-state index in [0.29, 0.717) is 12.8 Å². The Balaban J connectivity index is 1.71. The molecule has 3 aromatic rings. The standard InChI is InChI=1S/C20H21NO2S/c1-2-15-7-9-16(10-8-15)20(18-6-4-14-24-18)21-19(22)12-11-17-5-3-13-23-17/h3-10,13-14,20H,2,11-12H2,1H3,(H,21,22). The molecule has 0 aliphatic carbocycles. The molecule has 1 amide bonds. The van der Waals surface area contributed by atoms with Crippen LogP contribution in [0.5, 0.6) is 0 Å². The molecule has 0 aliphatic rings. The predicted octanol–water partition coefficient (Wildman–Crippen LogP) is 4.74. The number of carbonyl (C=O) groups is 1. The van der Waals surface area contributed by atoms with Crippen LogP contribution in [-0.4, -0.2) is 5.91 Å². The Morgan fingerprint density at radius 3 is 2.62 bits per heavy atom. The number of rotatable bonds is 7. The first-order valence-corrected chi connectivity index (χ1v) is 9.08. The van der Waals surface area contributed by atoms with Gasteiger partial charge in [-0.3, -0.25) is 4.79 Å². The molecule has 0 fully saturated rings. The molecule has 2 heterocycles. The Hall–Kier alpha value is -2.33. The van der Waals surface area contributed by atoms with Crippen molar-refractivity contribution in [3.8, 4) is 0 Å².